The van der Waals surface area contributed by atoms with Gasteiger partial charge >= 0.3 is 6.09 Å². The smallest absolute Gasteiger partial charge is 0.412 e. The summed E-state index contributed by atoms with van der Waals surface area (Å²) < 4.78 is 5.56. The summed E-state index contributed by atoms with van der Waals surface area (Å²) >= 11 is 1.48. The summed E-state index contributed by atoms with van der Waals surface area (Å²) in [6.45, 7) is 0.104. The van der Waals surface area contributed by atoms with Crippen LogP contribution in [0.1, 0.15) is 26.9 Å². The van der Waals surface area contributed by atoms with Crippen molar-refractivity contribution in [3.63, 3.8) is 0 Å². The fourth-order valence-electron chi connectivity index (χ4n) is 3.45. The Balaban J connectivity index is 1.52. The Bertz CT molecular complexity index is 1130. The zero-order chi connectivity index (χ0) is 23.2. The van der Waals surface area contributed by atoms with E-state index >= 15 is 0 Å². The van der Waals surface area contributed by atoms with E-state index in [1.54, 1.807) is 24.5 Å². The van der Waals surface area contributed by atoms with Crippen molar-refractivity contribution in [2.24, 2.45) is 5.73 Å². The Kier molecular flexibility index (Phi) is 6.89. The second-order valence-electron chi connectivity index (χ2n) is 7.36. The molecule has 0 radical (unpaired) electrons. The molecule has 1 aromatic heterocycles. The second-order valence-corrected chi connectivity index (χ2v) is 8.47. The van der Waals surface area contributed by atoms with E-state index in [1.165, 1.54) is 28.8 Å². The molecule has 1 unspecified atom stereocenters. The predicted molar refractivity (Wildman–Crippen MR) is 125 cm³/mol. The zero-order valence-electron chi connectivity index (χ0n) is 17.6. The number of anilines is 1. The first kappa shape index (κ1) is 22.3. The Morgan fingerprint density at radius 3 is 2.39 bits per heavy atom. The topological polar surface area (TPSA) is 115 Å². The number of aromatic nitrogens is 1. The quantitative estimate of drug-likeness (QED) is 0.579. The number of nitrogens with two attached hydrogens (primary N) is 1. The van der Waals surface area contributed by atoms with Crippen molar-refractivity contribution in [3.8, 4) is 0 Å². The lowest BCUT2D eigenvalue weighted by molar-refractivity contribution is -0.120. The van der Waals surface area contributed by atoms with Crippen molar-refractivity contribution in [1.29, 1.82) is 0 Å². The monoisotopic (exact) mass is 462 g/mol. The molecule has 8 nitrogen and oxygen atoms in total. The highest BCUT2D eigenvalue weighted by atomic mass is 32.2. The first-order valence-corrected chi connectivity index (χ1v) is 11.3. The molecule has 168 valence electrons. The van der Waals surface area contributed by atoms with Crippen LogP contribution in [0.25, 0.3) is 0 Å². The van der Waals surface area contributed by atoms with E-state index in [1.807, 2.05) is 42.5 Å². The maximum atomic E-state index is 13.1. The second kappa shape index (κ2) is 10.2. The molecule has 3 amide bonds. The summed E-state index contributed by atoms with van der Waals surface area (Å²) in [6, 6.07) is 18.5. The summed E-state index contributed by atoms with van der Waals surface area (Å²) in [4.78, 5) is 43.0. The molecular weight excluding hydrogens is 440 g/mol. The van der Waals surface area contributed by atoms with Gasteiger partial charge in [0, 0.05) is 29.4 Å². The van der Waals surface area contributed by atoms with Gasteiger partial charge in [-0.25, -0.2) is 4.79 Å². The van der Waals surface area contributed by atoms with Crippen molar-refractivity contribution in [1.82, 2.24) is 9.88 Å². The van der Waals surface area contributed by atoms with Gasteiger partial charge in [0.05, 0.1) is 0 Å². The number of pyridine rings is 1. The Labute approximate surface area is 195 Å². The number of hydrogen-bond donors (Lipinski definition) is 2. The van der Waals surface area contributed by atoms with E-state index in [-0.39, 0.29) is 17.9 Å². The Morgan fingerprint density at radius 2 is 1.73 bits per heavy atom. The maximum Gasteiger partial charge on any atom is 0.412 e. The predicted octanol–water partition coefficient (Wildman–Crippen LogP) is 3.57. The minimum Gasteiger partial charge on any atom is -0.444 e. The van der Waals surface area contributed by atoms with Crippen molar-refractivity contribution >= 4 is 35.4 Å². The number of hydrogen-bond acceptors (Lipinski definition) is 6. The van der Waals surface area contributed by atoms with Gasteiger partial charge in [-0.1, -0.05) is 30.3 Å². The summed E-state index contributed by atoms with van der Waals surface area (Å²) in [5, 5.41) is 2.43. The molecule has 0 spiro atoms. The van der Waals surface area contributed by atoms with Gasteiger partial charge in [-0.2, -0.15) is 0 Å². The van der Waals surface area contributed by atoms with E-state index in [0.29, 0.717) is 17.0 Å². The van der Waals surface area contributed by atoms with Crippen LogP contribution in [0.3, 0.4) is 0 Å². The normalized spacial score (nSPS) is 17.4. The Hall–Kier alpha value is -3.85. The van der Waals surface area contributed by atoms with Crippen LogP contribution >= 0.6 is 11.8 Å². The molecular formula is C24H22N4O4S. The van der Waals surface area contributed by atoms with Gasteiger partial charge in [0.15, 0.2) is 0 Å². The van der Waals surface area contributed by atoms with Gasteiger partial charge in [-0.05, 0) is 47.5 Å². The van der Waals surface area contributed by atoms with Gasteiger partial charge < -0.3 is 15.8 Å². The van der Waals surface area contributed by atoms with Crippen molar-refractivity contribution < 1.29 is 19.1 Å². The van der Waals surface area contributed by atoms with Crippen molar-refractivity contribution in [2.75, 3.05) is 11.1 Å². The minimum atomic E-state index is -0.743. The van der Waals surface area contributed by atoms with Gasteiger partial charge in [0.2, 0.25) is 11.8 Å². The first-order chi connectivity index (χ1) is 16.0. The highest BCUT2D eigenvalue weighted by molar-refractivity contribution is 7.99. The molecule has 2 heterocycles. The number of benzene rings is 2. The number of primary amides is 1. The zero-order valence-corrected chi connectivity index (χ0v) is 18.4. The summed E-state index contributed by atoms with van der Waals surface area (Å²) in [5.41, 5.74) is 7.82. The largest absolute Gasteiger partial charge is 0.444 e. The molecule has 0 aliphatic carbocycles. The molecule has 1 fully saturated rings. The molecule has 9 heteroatoms. The standard InChI is InChI=1S/C24H22N4O4S/c25-21(29)17-6-8-19(9-7-17)27-22(30)20-15-33-23(18-10-12-26-13-11-18)28(20)24(31)32-14-16-4-2-1-3-5-16/h1-13,20,23H,14-15H2,(H2,25,29)(H,27,30)/t20-,23?/m0/s1. The number of rotatable bonds is 6. The maximum absolute atomic E-state index is 13.1. The van der Waals surface area contributed by atoms with Gasteiger partial charge in [0.1, 0.15) is 18.0 Å². The van der Waals surface area contributed by atoms with E-state index in [2.05, 4.69) is 10.3 Å². The third-order valence-electron chi connectivity index (χ3n) is 5.15. The van der Waals surface area contributed by atoms with Crippen LogP contribution in [0.5, 0.6) is 0 Å². The molecule has 4 rings (SSSR count). The minimum absolute atomic E-state index is 0.104. The number of nitrogens with one attached hydrogen (secondary N) is 1. The SMILES string of the molecule is NC(=O)c1ccc(NC(=O)[C@@H]2CSC(c3ccncc3)N2C(=O)OCc2ccccc2)cc1. The van der Waals surface area contributed by atoms with Crippen molar-refractivity contribution in [3.05, 3.63) is 95.8 Å². The van der Waals surface area contributed by atoms with Crippen LogP contribution in [-0.4, -0.2) is 39.6 Å². The number of ether oxygens (including phenoxy) is 1. The summed E-state index contributed by atoms with van der Waals surface area (Å²) in [7, 11) is 0. The van der Waals surface area contributed by atoms with Crippen LogP contribution in [0.4, 0.5) is 10.5 Å². The highest BCUT2D eigenvalue weighted by Crippen LogP contribution is 2.42. The lowest BCUT2D eigenvalue weighted by Gasteiger charge is -2.28. The molecule has 3 aromatic rings. The highest BCUT2D eigenvalue weighted by Gasteiger charge is 2.43. The van der Waals surface area contributed by atoms with Crippen LogP contribution < -0.4 is 11.1 Å². The van der Waals surface area contributed by atoms with Crippen LogP contribution in [0, 0.1) is 0 Å². The van der Waals surface area contributed by atoms with E-state index < -0.39 is 18.0 Å². The lowest BCUT2D eigenvalue weighted by atomic mass is 10.1. The molecule has 1 aliphatic rings. The summed E-state index contributed by atoms with van der Waals surface area (Å²) in [6.07, 6.45) is 2.73. The number of amides is 3. The molecule has 0 saturated carbocycles. The molecule has 2 aromatic carbocycles. The van der Waals surface area contributed by atoms with Crippen molar-refractivity contribution in [2.45, 2.75) is 18.0 Å². The Morgan fingerprint density at radius 1 is 1.03 bits per heavy atom. The van der Waals surface area contributed by atoms with Gasteiger partial charge in [-0.3, -0.25) is 19.5 Å². The average molecular weight is 463 g/mol. The number of carbonyl (C=O) groups excluding carboxylic acids is 3. The molecule has 1 aliphatic heterocycles. The summed E-state index contributed by atoms with van der Waals surface area (Å²) in [5.74, 6) is -0.492. The van der Waals surface area contributed by atoms with Gasteiger partial charge in [-0.15, -0.1) is 11.8 Å². The average Bonchev–Trinajstić information content (AvgIpc) is 3.30. The third-order valence-corrected chi connectivity index (χ3v) is 6.47. The van der Waals surface area contributed by atoms with Crippen LogP contribution in [-0.2, 0) is 16.1 Å². The fraction of sp³-hybridized carbons (Fsp3) is 0.167. The molecule has 33 heavy (non-hydrogen) atoms. The third kappa shape index (κ3) is 5.32. The number of nitrogens with zero attached hydrogens (tertiary/aromatic N) is 2. The lowest BCUT2D eigenvalue weighted by Crippen LogP contribution is -2.45. The van der Waals surface area contributed by atoms with Gasteiger partial charge in [0.25, 0.3) is 0 Å². The van der Waals surface area contributed by atoms with Crippen LogP contribution in [0.15, 0.2) is 79.1 Å². The fourth-order valence-corrected chi connectivity index (χ4v) is 4.87. The molecule has 2 atom stereocenters. The van der Waals surface area contributed by atoms with Crippen LogP contribution in [0.2, 0.25) is 0 Å². The molecule has 0 bridgehead atoms. The first-order valence-electron chi connectivity index (χ1n) is 10.2. The van der Waals surface area contributed by atoms with E-state index in [4.69, 9.17) is 10.5 Å². The van der Waals surface area contributed by atoms with E-state index in [9.17, 15) is 14.4 Å². The van der Waals surface area contributed by atoms with E-state index in [0.717, 1.165) is 11.1 Å². The number of carbonyl (C=O) groups is 3. The number of thioether (sulfide) groups is 1. The molecule has 1 saturated heterocycles. The molecule has 3 N–H and O–H groups in total.